The molecule has 0 saturated carbocycles. The number of nitrogens with one attached hydrogen (secondary N) is 1. The fourth-order valence-corrected chi connectivity index (χ4v) is 1.53. The van der Waals surface area contributed by atoms with E-state index in [2.05, 4.69) is 16.6 Å². The molecule has 0 aliphatic heterocycles. The molecule has 18 heavy (non-hydrogen) atoms. The van der Waals surface area contributed by atoms with Crippen molar-refractivity contribution in [2.45, 2.75) is 19.4 Å². The molecule has 0 unspecified atom stereocenters. The first-order valence-electron chi connectivity index (χ1n) is 5.65. The molecule has 4 heteroatoms. The van der Waals surface area contributed by atoms with Crippen molar-refractivity contribution in [2.24, 2.45) is 0 Å². The topological polar surface area (TPSA) is 55.4 Å². The first-order valence-corrected chi connectivity index (χ1v) is 5.65. The van der Waals surface area contributed by atoms with Crippen molar-refractivity contribution in [3.63, 3.8) is 0 Å². The maximum absolute atomic E-state index is 11.7. The van der Waals surface area contributed by atoms with Crippen molar-refractivity contribution < 1.29 is 14.3 Å². The molecule has 0 aromatic heterocycles. The van der Waals surface area contributed by atoms with Gasteiger partial charge in [-0.3, -0.25) is 4.79 Å². The van der Waals surface area contributed by atoms with E-state index in [1.54, 1.807) is 0 Å². The fraction of sp³-hybridized carbons (Fsp3) is 0.286. The zero-order valence-corrected chi connectivity index (χ0v) is 10.6. The van der Waals surface area contributed by atoms with Gasteiger partial charge in [-0.1, -0.05) is 36.9 Å². The maximum atomic E-state index is 11.7. The lowest BCUT2D eigenvalue weighted by Crippen LogP contribution is -2.27. The Morgan fingerprint density at radius 3 is 2.50 bits per heavy atom. The summed E-state index contributed by atoms with van der Waals surface area (Å²) in [4.78, 5) is 22.8. The molecular weight excluding hydrogens is 230 g/mol. The lowest BCUT2D eigenvalue weighted by atomic mass is 10.1. The normalized spacial score (nSPS) is 11.4. The van der Waals surface area contributed by atoms with E-state index in [1.807, 2.05) is 37.3 Å². The SMILES string of the molecule is C=C(CC(=O)N[C@H](C)c1ccccc1)C(=O)OC. The van der Waals surface area contributed by atoms with Gasteiger partial charge in [0, 0.05) is 5.57 Å². The fourth-order valence-electron chi connectivity index (χ4n) is 1.53. The third kappa shape index (κ3) is 4.05. The minimum Gasteiger partial charge on any atom is -0.466 e. The molecule has 0 aliphatic carbocycles. The zero-order chi connectivity index (χ0) is 13.5. The van der Waals surface area contributed by atoms with Crippen LogP contribution in [-0.2, 0) is 14.3 Å². The van der Waals surface area contributed by atoms with Crippen LogP contribution in [0.3, 0.4) is 0 Å². The summed E-state index contributed by atoms with van der Waals surface area (Å²) in [6.45, 7) is 5.39. The largest absolute Gasteiger partial charge is 0.466 e. The number of rotatable bonds is 5. The van der Waals surface area contributed by atoms with Gasteiger partial charge >= 0.3 is 5.97 Å². The van der Waals surface area contributed by atoms with Crippen LogP contribution in [0.15, 0.2) is 42.5 Å². The standard InChI is InChI=1S/C14H17NO3/c1-10(14(17)18-3)9-13(16)15-11(2)12-7-5-4-6-8-12/h4-8,11H,1,9H2,2-3H3,(H,15,16)/t11-/m1/s1. The molecule has 1 aromatic rings. The number of ether oxygens (including phenoxy) is 1. The number of esters is 1. The highest BCUT2D eigenvalue weighted by molar-refractivity contribution is 5.94. The Bertz CT molecular complexity index is 440. The summed E-state index contributed by atoms with van der Waals surface area (Å²) in [5.41, 5.74) is 1.16. The van der Waals surface area contributed by atoms with E-state index in [4.69, 9.17) is 0 Å². The lowest BCUT2D eigenvalue weighted by molar-refractivity contribution is -0.137. The summed E-state index contributed by atoms with van der Waals surface area (Å²) >= 11 is 0. The van der Waals surface area contributed by atoms with Crippen molar-refractivity contribution in [3.05, 3.63) is 48.0 Å². The summed E-state index contributed by atoms with van der Waals surface area (Å²) in [7, 11) is 1.26. The van der Waals surface area contributed by atoms with E-state index in [9.17, 15) is 9.59 Å². The van der Waals surface area contributed by atoms with Gasteiger partial charge in [0.15, 0.2) is 0 Å². The second-order valence-electron chi connectivity index (χ2n) is 3.97. The van der Waals surface area contributed by atoms with Crippen molar-refractivity contribution >= 4 is 11.9 Å². The number of methoxy groups -OCH3 is 1. The Balaban J connectivity index is 2.51. The lowest BCUT2D eigenvalue weighted by Gasteiger charge is -2.14. The third-order valence-electron chi connectivity index (χ3n) is 2.53. The van der Waals surface area contributed by atoms with E-state index < -0.39 is 5.97 Å². The number of hydrogen-bond acceptors (Lipinski definition) is 3. The van der Waals surface area contributed by atoms with Gasteiger partial charge in [0.05, 0.1) is 19.6 Å². The van der Waals surface area contributed by atoms with Gasteiger partial charge in [-0.25, -0.2) is 4.79 Å². The minimum atomic E-state index is -0.558. The smallest absolute Gasteiger partial charge is 0.333 e. The third-order valence-corrected chi connectivity index (χ3v) is 2.53. The molecule has 1 amide bonds. The van der Waals surface area contributed by atoms with E-state index in [1.165, 1.54) is 7.11 Å². The van der Waals surface area contributed by atoms with E-state index >= 15 is 0 Å². The number of carbonyl (C=O) groups excluding carboxylic acids is 2. The van der Waals surface area contributed by atoms with Gasteiger partial charge < -0.3 is 10.1 Å². The van der Waals surface area contributed by atoms with Gasteiger partial charge in [0.2, 0.25) is 5.91 Å². The van der Waals surface area contributed by atoms with E-state index in [0.29, 0.717) is 0 Å². The molecule has 1 aromatic carbocycles. The first kappa shape index (κ1) is 14.0. The molecule has 1 atom stereocenters. The zero-order valence-electron chi connectivity index (χ0n) is 10.6. The number of hydrogen-bond donors (Lipinski definition) is 1. The van der Waals surface area contributed by atoms with Crippen molar-refractivity contribution in [3.8, 4) is 0 Å². The van der Waals surface area contributed by atoms with Crippen LogP contribution >= 0.6 is 0 Å². The van der Waals surface area contributed by atoms with Crippen molar-refractivity contribution in [1.29, 1.82) is 0 Å². The van der Waals surface area contributed by atoms with Gasteiger partial charge in [-0.05, 0) is 12.5 Å². The summed E-state index contributed by atoms with van der Waals surface area (Å²) in [5.74, 6) is -0.806. The van der Waals surface area contributed by atoms with Crippen LogP contribution in [0.1, 0.15) is 24.9 Å². The molecule has 0 bridgehead atoms. The van der Waals surface area contributed by atoms with Crippen molar-refractivity contribution in [2.75, 3.05) is 7.11 Å². The average molecular weight is 247 g/mol. The van der Waals surface area contributed by atoms with Crippen LogP contribution in [-0.4, -0.2) is 19.0 Å². The molecule has 0 radical (unpaired) electrons. The Morgan fingerprint density at radius 2 is 1.94 bits per heavy atom. The molecule has 0 heterocycles. The first-order chi connectivity index (χ1) is 8.54. The Morgan fingerprint density at radius 1 is 1.33 bits per heavy atom. The summed E-state index contributed by atoms with van der Waals surface area (Å²) in [6.07, 6.45) is -0.0517. The number of carbonyl (C=O) groups is 2. The van der Waals surface area contributed by atoms with Gasteiger partial charge in [-0.15, -0.1) is 0 Å². The van der Waals surface area contributed by atoms with Crippen LogP contribution < -0.4 is 5.32 Å². The molecular formula is C14H17NO3. The molecule has 1 rings (SSSR count). The van der Waals surface area contributed by atoms with Crippen molar-refractivity contribution in [1.82, 2.24) is 5.32 Å². The van der Waals surface area contributed by atoms with Crippen LogP contribution in [0, 0.1) is 0 Å². The van der Waals surface area contributed by atoms with Gasteiger partial charge in [-0.2, -0.15) is 0 Å². The second-order valence-corrected chi connectivity index (χ2v) is 3.97. The molecule has 0 aliphatic rings. The van der Waals surface area contributed by atoms with Crippen LogP contribution in [0.25, 0.3) is 0 Å². The maximum Gasteiger partial charge on any atom is 0.333 e. The average Bonchev–Trinajstić information content (AvgIpc) is 2.38. The predicted molar refractivity (Wildman–Crippen MR) is 68.8 cm³/mol. The monoisotopic (exact) mass is 247 g/mol. The number of benzene rings is 1. The number of amides is 1. The summed E-state index contributed by atoms with van der Waals surface area (Å²) in [5, 5.41) is 2.80. The molecule has 0 spiro atoms. The molecule has 4 nitrogen and oxygen atoms in total. The molecule has 0 saturated heterocycles. The van der Waals surface area contributed by atoms with E-state index in [0.717, 1.165) is 5.56 Å². The second kappa shape index (κ2) is 6.59. The highest BCUT2D eigenvalue weighted by Gasteiger charge is 2.14. The highest BCUT2D eigenvalue weighted by atomic mass is 16.5. The van der Waals surface area contributed by atoms with Gasteiger partial charge in [0.1, 0.15) is 0 Å². The van der Waals surface area contributed by atoms with Gasteiger partial charge in [0.25, 0.3) is 0 Å². The summed E-state index contributed by atoms with van der Waals surface area (Å²) < 4.78 is 4.48. The minimum absolute atomic E-state index is 0.0517. The summed E-state index contributed by atoms with van der Waals surface area (Å²) in [6, 6.07) is 9.48. The molecule has 96 valence electrons. The Kier molecular flexibility index (Phi) is 5.11. The van der Waals surface area contributed by atoms with Crippen LogP contribution in [0.5, 0.6) is 0 Å². The van der Waals surface area contributed by atoms with Crippen LogP contribution in [0.2, 0.25) is 0 Å². The highest BCUT2D eigenvalue weighted by Crippen LogP contribution is 2.12. The quantitative estimate of drug-likeness (QED) is 0.639. The Labute approximate surface area is 107 Å². The molecule has 0 fully saturated rings. The predicted octanol–water partition coefficient (Wildman–Crippen LogP) is 1.98. The molecule has 1 N–H and O–H groups in total. The van der Waals surface area contributed by atoms with E-state index in [-0.39, 0.29) is 23.9 Å². The Hall–Kier alpha value is -2.10. The van der Waals surface area contributed by atoms with Crippen LogP contribution in [0.4, 0.5) is 0 Å².